The van der Waals surface area contributed by atoms with Crippen LogP contribution < -0.4 is 5.73 Å². The number of hydrogen-bond acceptors (Lipinski definition) is 4. The minimum atomic E-state index is -0.0748. The Morgan fingerprint density at radius 1 is 1.44 bits per heavy atom. The first-order chi connectivity index (χ1) is 8.72. The average Bonchev–Trinajstić information content (AvgIpc) is 2.75. The summed E-state index contributed by atoms with van der Waals surface area (Å²) in [4.78, 5) is 7.51. The van der Waals surface area contributed by atoms with E-state index in [0.717, 1.165) is 42.1 Å². The molecule has 18 heavy (non-hydrogen) atoms. The lowest BCUT2D eigenvalue weighted by Crippen LogP contribution is -2.30. The van der Waals surface area contributed by atoms with Gasteiger partial charge in [0, 0.05) is 30.7 Å². The van der Waals surface area contributed by atoms with Crippen molar-refractivity contribution in [2.75, 3.05) is 12.3 Å². The van der Waals surface area contributed by atoms with Gasteiger partial charge in [-0.2, -0.15) is 0 Å². The van der Waals surface area contributed by atoms with Crippen molar-refractivity contribution in [3.63, 3.8) is 0 Å². The Morgan fingerprint density at radius 2 is 2.33 bits per heavy atom. The van der Waals surface area contributed by atoms with Crippen LogP contribution in [0, 0.1) is 5.82 Å². The molecule has 2 aromatic rings. The van der Waals surface area contributed by atoms with E-state index in [9.17, 15) is 4.39 Å². The number of thiazole rings is 1. The summed E-state index contributed by atoms with van der Waals surface area (Å²) in [5.74, 6) is -0.0748. The molecule has 0 unspecified atom stereocenters. The summed E-state index contributed by atoms with van der Waals surface area (Å²) in [5, 5.41) is 0.605. The first-order valence-electron chi connectivity index (χ1n) is 5.91. The van der Waals surface area contributed by atoms with Crippen molar-refractivity contribution in [1.82, 2.24) is 9.88 Å². The third kappa shape index (κ3) is 2.23. The molecule has 0 spiro atoms. The highest BCUT2D eigenvalue weighted by Gasteiger charge is 2.19. The van der Waals surface area contributed by atoms with Crippen molar-refractivity contribution in [1.29, 1.82) is 0 Å². The smallest absolute Gasteiger partial charge is 0.180 e. The Balaban J connectivity index is 1.75. The molecular formula is C13H14FN3S. The van der Waals surface area contributed by atoms with Gasteiger partial charge in [-0.3, -0.25) is 4.90 Å². The fraction of sp³-hybridized carbons (Fsp3) is 0.308. The molecule has 1 aliphatic rings. The van der Waals surface area contributed by atoms with Gasteiger partial charge in [0.25, 0.3) is 0 Å². The SMILES string of the molecule is Nc1ncc(CN2CCc3c(F)cccc3C2)s1. The average molecular weight is 263 g/mol. The Labute approximate surface area is 109 Å². The van der Waals surface area contributed by atoms with Gasteiger partial charge in [-0.05, 0) is 23.6 Å². The number of halogens is 1. The second kappa shape index (κ2) is 4.66. The third-order valence-electron chi connectivity index (χ3n) is 3.24. The number of rotatable bonds is 2. The molecular weight excluding hydrogens is 249 g/mol. The molecule has 1 aliphatic heterocycles. The molecule has 1 aromatic heterocycles. The van der Waals surface area contributed by atoms with Crippen molar-refractivity contribution < 1.29 is 4.39 Å². The maximum atomic E-state index is 13.6. The van der Waals surface area contributed by atoms with Gasteiger partial charge >= 0.3 is 0 Å². The standard InChI is InChI=1S/C13H14FN3S/c14-12-3-1-2-9-7-17(5-4-11(9)12)8-10-6-16-13(15)18-10/h1-3,6H,4-5,7-8H2,(H2,15,16). The molecule has 2 N–H and O–H groups in total. The second-order valence-electron chi connectivity index (χ2n) is 4.50. The summed E-state index contributed by atoms with van der Waals surface area (Å²) in [5.41, 5.74) is 7.59. The Morgan fingerprint density at radius 3 is 3.11 bits per heavy atom. The van der Waals surface area contributed by atoms with E-state index < -0.39 is 0 Å². The topological polar surface area (TPSA) is 42.1 Å². The Kier molecular flexibility index (Phi) is 3.01. The van der Waals surface area contributed by atoms with Crippen LogP contribution >= 0.6 is 11.3 Å². The van der Waals surface area contributed by atoms with Gasteiger partial charge in [-0.15, -0.1) is 11.3 Å². The van der Waals surface area contributed by atoms with Gasteiger partial charge in [0.15, 0.2) is 5.13 Å². The van der Waals surface area contributed by atoms with E-state index in [2.05, 4.69) is 9.88 Å². The predicted molar refractivity (Wildman–Crippen MR) is 70.7 cm³/mol. The van der Waals surface area contributed by atoms with Crippen LogP contribution in [-0.2, 0) is 19.5 Å². The molecule has 0 saturated carbocycles. The van der Waals surface area contributed by atoms with Crippen LogP contribution in [0.4, 0.5) is 9.52 Å². The quantitative estimate of drug-likeness (QED) is 0.904. The van der Waals surface area contributed by atoms with E-state index >= 15 is 0 Å². The van der Waals surface area contributed by atoms with E-state index in [1.54, 1.807) is 12.1 Å². The largest absolute Gasteiger partial charge is 0.375 e. The predicted octanol–water partition coefficient (Wildman–Crippen LogP) is 2.42. The van der Waals surface area contributed by atoms with Crippen LogP contribution in [0.3, 0.4) is 0 Å². The van der Waals surface area contributed by atoms with E-state index in [-0.39, 0.29) is 5.82 Å². The monoisotopic (exact) mass is 263 g/mol. The minimum absolute atomic E-state index is 0.0748. The number of aromatic nitrogens is 1. The summed E-state index contributed by atoms with van der Waals surface area (Å²) < 4.78 is 13.6. The second-order valence-corrected chi connectivity index (χ2v) is 5.65. The number of nitrogens with two attached hydrogens (primary N) is 1. The zero-order valence-electron chi connectivity index (χ0n) is 9.90. The van der Waals surface area contributed by atoms with Crippen LogP contribution in [-0.4, -0.2) is 16.4 Å². The fourth-order valence-electron chi connectivity index (χ4n) is 2.37. The van der Waals surface area contributed by atoms with Gasteiger partial charge in [0.1, 0.15) is 5.82 Å². The summed E-state index contributed by atoms with van der Waals surface area (Å²) in [6.45, 7) is 2.52. The fourth-order valence-corrected chi connectivity index (χ4v) is 3.10. The number of benzene rings is 1. The lowest BCUT2D eigenvalue weighted by Gasteiger charge is -2.28. The molecule has 0 atom stereocenters. The van der Waals surface area contributed by atoms with Gasteiger partial charge in [-0.25, -0.2) is 9.37 Å². The zero-order chi connectivity index (χ0) is 12.5. The van der Waals surface area contributed by atoms with Crippen molar-refractivity contribution in [3.05, 3.63) is 46.2 Å². The van der Waals surface area contributed by atoms with Gasteiger partial charge in [0.05, 0.1) is 0 Å². The molecule has 2 heterocycles. The molecule has 0 radical (unpaired) electrons. The number of fused-ring (bicyclic) bond motifs is 1. The van der Waals surface area contributed by atoms with E-state index in [1.807, 2.05) is 12.3 Å². The number of nitrogen functional groups attached to an aromatic ring is 1. The third-order valence-corrected chi connectivity index (χ3v) is 4.05. The summed E-state index contributed by atoms with van der Waals surface area (Å²) in [7, 11) is 0. The maximum absolute atomic E-state index is 13.6. The lowest BCUT2D eigenvalue weighted by atomic mass is 9.99. The van der Waals surface area contributed by atoms with E-state index in [4.69, 9.17) is 5.73 Å². The summed E-state index contributed by atoms with van der Waals surface area (Å²) in [6, 6.07) is 5.33. The van der Waals surface area contributed by atoms with E-state index in [0.29, 0.717) is 5.13 Å². The van der Waals surface area contributed by atoms with Crippen LogP contribution in [0.25, 0.3) is 0 Å². The van der Waals surface area contributed by atoms with E-state index in [1.165, 1.54) is 11.3 Å². The van der Waals surface area contributed by atoms with Crippen LogP contribution in [0.15, 0.2) is 24.4 Å². The molecule has 0 aliphatic carbocycles. The Hall–Kier alpha value is -1.46. The van der Waals surface area contributed by atoms with Crippen molar-refractivity contribution in [2.45, 2.75) is 19.5 Å². The van der Waals surface area contributed by atoms with Crippen LogP contribution in [0.1, 0.15) is 16.0 Å². The first-order valence-corrected chi connectivity index (χ1v) is 6.73. The van der Waals surface area contributed by atoms with Crippen molar-refractivity contribution in [3.8, 4) is 0 Å². The van der Waals surface area contributed by atoms with Crippen molar-refractivity contribution in [2.24, 2.45) is 0 Å². The number of anilines is 1. The first kappa shape index (κ1) is 11.6. The van der Waals surface area contributed by atoms with Gasteiger partial charge < -0.3 is 5.73 Å². The maximum Gasteiger partial charge on any atom is 0.180 e. The molecule has 3 rings (SSSR count). The highest BCUT2D eigenvalue weighted by atomic mass is 32.1. The number of nitrogens with zero attached hydrogens (tertiary/aromatic N) is 2. The molecule has 0 fully saturated rings. The molecule has 0 saturated heterocycles. The molecule has 0 amide bonds. The summed E-state index contributed by atoms with van der Waals surface area (Å²) >= 11 is 1.52. The molecule has 0 bridgehead atoms. The minimum Gasteiger partial charge on any atom is -0.375 e. The highest BCUT2D eigenvalue weighted by Crippen LogP contribution is 2.24. The van der Waals surface area contributed by atoms with Gasteiger partial charge in [-0.1, -0.05) is 12.1 Å². The normalized spacial score (nSPS) is 15.6. The molecule has 94 valence electrons. The highest BCUT2D eigenvalue weighted by molar-refractivity contribution is 7.15. The number of hydrogen-bond donors (Lipinski definition) is 1. The zero-order valence-corrected chi connectivity index (χ0v) is 10.7. The summed E-state index contributed by atoms with van der Waals surface area (Å²) in [6.07, 6.45) is 2.59. The van der Waals surface area contributed by atoms with Crippen LogP contribution in [0.2, 0.25) is 0 Å². The van der Waals surface area contributed by atoms with Gasteiger partial charge in [0.2, 0.25) is 0 Å². The molecule has 5 heteroatoms. The lowest BCUT2D eigenvalue weighted by molar-refractivity contribution is 0.245. The Bertz CT molecular complexity index is 567. The molecule has 1 aromatic carbocycles. The van der Waals surface area contributed by atoms with Crippen molar-refractivity contribution >= 4 is 16.5 Å². The van der Waals surface area contributed by atoms with Crippen LogP contribution in [0.5, 0.6) is 0 Å². The molecule has 3 nitrogen and oxygen atoms in total.